The summed E-state index contributed by atoms with van der Waals surface area (Å²) in [7, 11) is 0. The van der Waals surface area contributed by atoms with Crippen LogP contribution in [0.5, 0.6) is 0 Å². The molecule has 1 amide bonds. The number of anilines is 3. The van der Waals surface area contributed by atoms with Gasteiger partial charge in [0.2, 0.25) is 5.95 Å². The van der Waals surface area contributed by atoms with Gasteiger partial charge in [0.25, 0.3) is 5.91 Å². The smallest absolute Gasteiger partial charge is 0.274 e. The van der Waals surface area contributed by atoms with E-state index in [4.69, 9.17) is 0 Å². The van der Waals surface area contributed by atoms with Gasteiger partial charge in [-0.3, -0.25) is 4.79 Å². The highest BCUT2D eigenvalue weighted by molar-refractivity contribution is 9.10. The second-order valence-electron chi connectivity index (χ2n) is 5.22. The highest BCUT2D eigenvalue weighted by Crippen LogP contribution is 2.17. The van der Waals surface area contributed by atoms with E-state index in [0.29, 0.717) is 17.3 Å². The summed E-state index contributed by atoms with van der Waals surface area (Å²) in [6.07, 6.45) is 1.56. The van der Waals surface area contributed by atoms with Crippen molar-refractivity contribution in [2.75, 3.05) is 10.6 Å². The molecule has 0 fully saturated rings. The number of halogens is 1. The predicted molar refractivity (Wildman–Crippen MR) is 98.6 cm³/mol. The van der Waals surface area contributed by atoms with E-state index in [1.54, 1.807) is 12.3 Å². The molecule has 120 valence electrons. The fraction of sp³-hybridized carbons (Fsp3) is 0.0556. The van der Waals surface area contributed by atoms with Crippen molar-refractivity contribution >= 4 is 39.2 Å². The fourth-order valence-electron chi connectivity index (χ4n) is 2.16. The lowest BCUT2D eigenvalue weighted by molar-refractivity contribution is 0.102. The first-order valence-electron chi connectivity index (χ1n) is 7.34. The number of hydrogen-bond acceptors (Lipinski definition) is 4. The van der Waals surface area contributed by atoms with Gasteiger partial charge in [0.1, 0.15) is 5.69 Å². The van der Waals surface area contributed by atoms with E-state index in [1.807, 2.05) is 55.5 Å². The average molecular weight is 383 g/mol. The number of hydrogen-bond donors (Lipinski definition) is 2. The third-order valence-corrected chi connectivity index (χ3v) is 3.74. The minimum Gasteiger partial charge on any atom is -0.324 e. The SMILES string of the molecule is Cc1cccc(Nc2nccc(C(=O)Nc3cccc(Br)c3)n2)c1. The number of amides is 1. The van der Waals surface area contributed by atoms with Gasteiger partial charge >= 0.3 is 0 Å². The summed E-state index contributed by atoms with van der Waals surface area (Å²) in [6.45, 7) is 2.01. The Bertz CT molecular complexity index is 882. The van der Waals surface area contributed by atoms with E-state index < -0.39 is 0 Å². The van der Waals surface area contributed by atoms with Crippen LogP contribution in [-0.2, 0) is 0 Å². The Morgan fingerprint density at radius 3 is 2.62 bits per heavy atom. The van der Waals surface area contributed by atoms with Gasteiger partial charge in [-0.2, -0.15) is 0 Å². The molecule has 5 nitrogen and oxygen atoms in total. The maximum atomic E-state index is 12.3. The lowest BCUT2D eigenvalue weighted by atomic mass is 10.2. The normalized spacial score (nSPS) is 10.2. The molecule has 1 aromatic heterocycles. The van der Waals surface area contributed by atoms with Crippen LogP contribution in [0.1, 0.15) is 16.1 Å². The number of carbonyl (C=O) groups is 1. The van der Waals surface area contributed by atoms with Crippen molar-refractivity contribution in [3.8, 4) is 0 Å². The minimum absolute atomic E-state index is 0.289. The summed E-state index contributed by atoms with van der Waals surface area (Å²) in [5.41, 5.74) is 2.99. The first-order chi connectivity index (χ1) is 11.6. The van der Waals surface area contributed by atoms with Crippen molar-refractivity contribution in [2.24, 2.45) is 0 Å². The highest BCUT2D eigenvalue weighted by atomic mass is 79.9. The lowest BCUT2D eigenvalue weighted by Crippen LogP contribution is -2.14. The van der Waals surface area contributed by atoms with Gasteiger partial charge in [-0.15, -0.1) is 0 Å². The molecule has 0 aliphatic heterocycles. The maximum absolute atomic E-state index is 12.3. The molecule has 0 bridgehead atoms. The second kappa shape index (κ2) is 7.23. The Morgan fingerprint density at radius 2 is 1.83 bits per heavy atom. The second-order valence-corrected chi connectivity index (χ2v) is 6.14. The maximum Gasteiger partial charge on any atom is 0.274 e. The number of carbonyl (C=O) groups excluding carboxylic acids is 1. The summed E-state index contributed by atoms with van der Waals surface area (Å²) in [5, 5.41) is 5.92. The van der Waals surface area contributed by atoms with Crippen LogP contribution in [0.25, 0.3) is 0 Å². The molecule has 24 heavy (non-hydrogen) atoms. The van der Waals surface area contributed by atoms with Gasteiger partial charge in [0.05, 0.1) is 0 Å². The fourth-order valence-corrected chi connectivity index (χ4v) is 2.56. The Labute approximate surface area is 148 Å². The zero-order valence-electron chi connectivity index (χ0n) is 13.0. The van der Waals surface area contributed by atoms with Crippen molar-refractivity contribution in [3.05, 3.63) is 76.5 Å². The third-order valence-electron chi connectivity index (χ3n) is 3.24. The van der Waals surface area contributed by atoms with Crippen molar-refractivity contribution in [1.82, 2.24) is 9.97 Å². The summed E-state index contributed by atoms with van der Waals surface area (Å²) in [6, 6.07) is 16.8. The van der Waals surface area contributed by atoms with E-state index in [-0.39, 0.29) is 5.91 Å². The van der Waals surface area contributed by atoms with Crippen LogP contribution >= 0.6 is 15.9 Å². The summed E-state index contributed by atoms with van der Waals surface area (Å²) in [4.78, 5) is 20.8. The van der Waals surface area contributed by atoms with Crippen LogP contribution in [-0.4, -0.2) is 15.9 Å². The van der Waals surface area contributed by atoms with E-state index >= 15 is 0 Å². The number of benzene rings is 2. The van der Waals surface area contributed by atoms with E-state index in [9.17, 15) is 4.79 Å². The van der Waals surface area contributed by atoms with Gasteiger partial charge in [-0.05, 0) is 48.9 Å². The molecule has 0 unspecified atom stereocenters. The number of nitrogens with zero attached hydrogens (tertiary/aromatic N) is 2. The van der Waals surface area contributed by atoms with Crippen LogP contribution in [0.2, 0.25) is 0 Å². The lowest BCUT2D eigenvalue weighted by Gasteiger charge is -2.08. The van der Waals surface area contributed by atoms with Crippen LogP contribution in [0.15, 0.2) is 65.3 Å². The van der Waals surface area contributed by atoms with Gasteiger partial charge in [-0.1, -0.05) is 34.1 Å². The Kier molecular flexibility index (Phi) is 4.86. The molecule has 0 radical (unpaired) electrons. The van der Waals surface area contributed by atoms with Crippen molar-refractivity contribution < 1.29 is 4.79 Å². The Hall–Kier alpha value is -2.73. The topological polar surface area (TPSA) is 66.9 Å². The van der Waals surface area contributed by atoms with E-state index in [2.05, 4.69) is 36.5 Å². The summed E-state index contributed by atoms with van der Waals surface area (Å²) >= 11 is 3.38. The molecule has 2 aromatic carbocycles. The molecule has 6 heteroatoms. The molecule has 2 N–H and O–H groups in total. The standard InChI is InChI=1S/C18H15BrN4O/c1-12-4-2-6-14(10-12)22-18-20-9-8-16(23-18)17(24)21-15-7-3-5-13(19)11-15/h2-11H,1H3,(H,21,24)(H,20,22,23). The van der Waals surface area contributed by atoms with E-state index in [0.717, 1.165) is 15.7 Å². The van der Waals surface area contributed by atoms with Crippen LogP contribution in [0.4, 0.5) is 17.3 Å². The molecule has 0 aliphatic carbocycles. The van der Waals surface area contributed by atoms with Crippen LogP contribution in [0, 0.1) is 6.92 Å². The molecule has 0 atom stereocenters. The molecule has 0 saturated carbocycles. The molecule has 3 aromatic rings. The van der Waals surface area contributed by atoms with Gasteiger partial charge in [0, 0.05) is 22.0 Å². The Morgan fingerprint density at radius 1 is 1.04 bits per heavy atom. The number of rotatable bonds is 4. The van der Waals surface area contributed by atoms with Crippen molar-refractivity contribution in [2.45, 2.75) is 6.92 Å². The minimum atomic E-state index is -0.289. The molecular weight excluding hydrogens is 368 g/mol. The number of nitrogens with one attached hydrogen (secondary N) is 2. The average Bonchev–Trinajstić information content (AvgIpc) is 2.55. The van der Waals surface area contributed by atoms with E-state index in [1.165, 1.54) is 0 Å². The predicted octanol–water partition coefficient (Wildman–Crippen LogP) is 4.54. The monoisotopic (exact) mass is 382 g/mol. The van der Waals surface area contributed by atoms with Crippen LogP contribution in [0.3, 0.4) is 0 Å². The van der Waals surface area contributed by atoms with Gasteiger partial charge < -0.3 is 10.6 Å². The largest absolute Gasteiger partial charge is 0.324 e. The zero-order valence-corrected chi connectivity index (χ0v) is 14.5. The first kappa shape index (κ1) is 16.1. The quantitative estimate of drug-likeness (QED) is 0.694. The summed E-state index contributed by atoms with van der Waals surface area (Å²) < 4.78 is 0.893. The molecule has 0 aliphatic rings. The number of aromatic nitrogens is 2. The molecule has 3 rings (SSSR count). The Balaban J connectivity index is 1.76. The van der Waals surface area contributed by atoms with Crippen molar-refractivity contribution in [3.63, 3.8) is 0 Å². The number of aryl methyl sites for hydroxylation is 1. The summed E-state index contributed by atoms with van der Waals surface area (Å²) in [5.74, 6) is 0.0882. The third kappa shape index (κ3) is 4.17. The van der Waals surface area contributed by atoms with Crippen molar-refractivity contribution in [1.29, 1.82) is 0 Å². The zero-order chi connectivity index (χ0) is 16.9. The molecular formula is C18H15BrN4O. The molecule has 0 saturated heterocycles. The van der Waals surface area contributed by atoms with Gasteiger partial charge in [-0.25, -0.2) is 9.97 Å². The highest BCUT2D eigenvalue weighted by Gasteiger charge is 2.09. The van der Waals surface area contributed by atoms with Crippen LogP contribution < -0.4 is 10.6 Å². The first-order valence-corrected chi connectivity index (χ1v) is 8.13. The van der Waals surface area contributed by atoms with Gasteiger partial charge in [0.15, 0.2) is 0 Å². The molecule has 1 heterocycles. The molecule has 0 spiro atoms.